The topological polar surface area (TPSA) is 142 Å². The summed E-state index contributed by atoms with van der Waals surface area (Å²) in [5, 5.41) is 6.97. The first-order valence-electron chi connectivity index (χ1n) is 12.9. The van der Waals surface area contributed by atoms with Gasteiger partial charge in [-0.05, 0) is 69.8 Å². The molecule has 4 aromatic rings. The fourth-order valence-electron chi connectivity index (χ4n) is 4.82. The van der Waals surface area contributed by atoms with Crippen molar-refractivity contribution < 1.29 is 18.7 Å². The van der Waals surface area contributed by atoms with E-state index in [0.29, 0.717) is 53.5 Å². The van der Waals surface area contributed by atoms with Crippen LogP contribution in [-0.4, -0.2) is 65.5 Å². The molecule has 0 saturated carbocycles. The fraction of sp³-hybridized carbons (Fsp3) is 0.286. The molecular formula is C28H31FN8O3. The van der Waals surface area contributed by atoms with Crippen LogP contribution in [-0.2, 0) is 11.2 Å². The second kappa shape index (κ2) is 10.8. The van der Waals surface area contributed by atoms with Crippen LogP contribution in [0.1, 0.15) is 28.4 Å². The summed E-state index contributed by atoms with van der Waals surface area (Å²) in [4.78, 5) is 40.9. The zero-order chi connectivity index (χ0) is 28.6. The fourth-order valence-corrected chi connectivity index (χ4v) is 4.82. The largest absolute Gasteiger partial charge is 0.492 e. The summed E-state index contributed by atoms with van der Waals surface area (Å²) in [7, 11) is 3.72. The zero-order valence-electron chi connectivity index (χ0n) is 22.8. The first-order valence-corrected chi connectivity index (χ1v) is 12.9. The van der Waals surface area contributed by atoms with Crippen LogP contribution in [0.15, 0.2) is 36.5 Å². The predicted octanol–water partition coefficient (Wildman–Crippen LogP) is 3.84. The number of ether oxygens (including phenoxy) is 1. The molecule has 12 heteroatoms. The molecule has 0 fully saturated rings. The van der Waals surface area contributed by atoms with Crippen molar-refractivity contribution in [3.8, 4) is 5.75 Å². The number of aryl methyl sites for hydroxylation is 1. The SMILES string of the molecule is CCOc1cc2c(cc1Nc1nc(Nc3c(C)ccc(F)c3C(N)=O)c3cc[nH]c3n1)N(C(=O)CN(C)C)CC2. The number of H-pyrrole nitrogens is 1. The average Bonchev–Trinajstić information content (AvgIpc) is 3.53. The number of carbonyl (C=O) groups is 2. The highest BCUT2D eigenvalue weighted by Crippen LogP contribution is 2.39. The lowest BCUT2D eigenvalue weighted by Crippen LogP contribution is -2.36. The zero-order valence-corrected chi connectivity index (χ0v) is 22.8. The highest BCUT2D eigenvalue weighted by Gasteiger charge is 2.27. The minimum Gasteiger partial charge on any atom is -0.492 e. The number of rotatable bonds is 9. The van der Waals surface area contributed by atoms with Crippen LogP contribution in [0.5, 0.6) is 5.75 Å². The third-order valence-corrected chi connectivity index (χ3v) is 6.64. The van der Waals surface area contributed by atoms with E-state index in [4.69, 9.17) is 10.5 Å². The number of amides is 2. The van der Waals surface area contributed by atoms with Gasteiger partial charge in [0.1, 0.15) is 23.0 Å². The summed E-state index contributed by atoms with van der Waals surface area (Å²) in [6.45, 7) is 4.96. The Labute approximate surface area is 230 Å². The van der Waals surface area contributed by atoms with Crippen molar-refractivity contribution in [3.05, 3.63) is 59.0 Å². The van der Waals surface area contributed by atoms with Gasteiger partial charge >= 0.3 is 0 Å². The number of nitrogens with two attached hydrogens (primary N) is 1. The van der Waals surface area contributed by atoms with Crippen molar-refractivity contribution in [1.29, 1.82) is 0 Å². The van der Waals surface area contributed by atoms with Gasteiger partial charge in [-0.15, -0.1) is 0 Å². The van der Waals surface area contributed by atoms with Gasteiger partial charge in [-0.2, -0.15) is 9.97 Å². The maximum absolute atomic E-state index is 14.6. The highest BCUT2D eigenvalue weighted by molar-refractivity contribution is 6.02. The van der Waals surface area contributed by atoms with E-state index in [-0.39, 0.29) is 23.1 Å². The molecule has 0 aliphatic carbocycles. The summed E-state index contributed by atoms with van der Waals surface area (Å²) >= 11 is 0. The number of carbonyl (C=O) groups excluding carboxylic acids is 2. The minimum atomic E-state index is -0.894. The molecule has 0 atom stereocenters. The number of fused-ring (bicyclic) bond motifs is 2. The first-order chi connectivity index (χ1) is 19.2. The molecule has 0 radical (unpaired) electrons. The monoisotopic (exact) mass is 546 g/mol. The van der Waals surface area contributed by atoms with E-state index < -0.39 is 11.7 Å². The van der Waals surface area contributed by atoms with Crippen molar-refractivity contribution in [2.24, 2.45) is 5.73 Å². The molecule has 3 heterocycles. The molecule has 5 N–H and O–H groups in total. The van der Waals surface area contributed by atoms with Crippen molar-refractivity contribution in [1.82, 2.24) is 19.9 Å². The Hall–Kier alpha value is -4.71. The summed E-state index contributed by atoms with van der Waals surface area (Å²) in [5.41, 5.74) is 9.00. The summed E-state index contributed by atoms with van der Waals surface area (Å²) in [6, 6.07) is 8.34. The van der Waals surface area contributed by atoms with E-state index in [0.717, 1.165) is 17.7 Å². The van der Waals surface area contributed by atoms with Crippen LogP contribution >= 0.6 is 0 Å². The number of likely N-dealkylation sites (N-methyl/N-ethyl adjacent to an activating group) is 1. The number of benzene rings is 2. The Morgan fingerprint density at radius 3 is 2.73 bits per heavy atom. The molecule has 2 aromatic carbocycles. The number of nitrogens with one attached hydrogen (secondary N) is 3. The molecule has 0 unspecified atom stereocenters. The van der Waals surface area contributed by atoms with Crippen LogP contribution in [0, 0.1) is 12.7 Å². The molecule has 208 valence electrons. The molecule has 1 aliphatic rings. The average molecular weight is 547 g/mol. The van der Waals surface area contributed by atoms with Crippen LogP contribution < -0.4 is 26.0 Å². The summed E-state index contributed by atoms with van der Waals surface area (Å²) < 4.78 is 20.5. The van der Waals surface area contributed by atoms with E-state index in [9.17, 15) is 14.0 Å². The molecule has 11 nitrogen and oxygen atoms in total. The number of anilines is 5. The van der Waals surface area contributed by atoms with E-state index >= 15 is 0 Å². The number of nitrogens with zero attached hydrogens (tertiary/aromatic N) is 4. The Kier molecular flexibility index (Phi) is 7.26. The summed E-state index contributed by atoms with van der Waals surface area (Å²) in [6.07, 6.45) is 2.43. The Bertz CT molecular complexity index is 1620. The second-order valence-electron chi connectivity index (χ2n) is 9.81. The van der Waals surface area contributed by atoms with Crippen LogP contribution in [0.3, 0.4) is 0 Å². The normalized spacial score (nSPS) is 12.6. The lowest BCUT2D eigenvalue weighted by atomic mass is 10.1. The van der Waals surface area contributed by atoms with Gasteiger partial charge in [0.25, 0.3) is 5.91 Å². The number of aromatic nitrogens is 3. The molecule has 1 aliphatic heterocycles. The highest BCUT2D eigenvalue weighted by atomic mass is 19.1. The molecular weight excluding hydrogens is 515 g/mol. The van der Waals surface area contributed by atoms with Gasteiger partial charge in [-0.1, -0.05) is 6.07 Å². The Morgan fingerprint density at radius 2 is 2.00 bits per heavy atom. The predicted molar refractivity (Wildman–Crippen MR) is 152 cm³/mol. The van der Waals surface area contributed by atoms with Crippen molar-refractivity contribution in [3.63, 3.8) is 0 Å². The lowest BCUT2D eigenvalue weighted by molar-refractivity contribution is -0.119. The lowest BCUT2D eigenvalue weighted by Gasteiger charge is -2.21. The van der Waals surface area contributed by atoms with Crippen molar-refractivity contribution in [2.45, 2.75) is 20.3 Å². The molecule has 0 saturated heterocycles. The third-order valence-electron chi connectivity index (χ3n) is 6.64. The van der Waals surface area contributed by atoms with E-state index in [2.05, 4.69) is 25.6 Å². The van der Waals surface area contributed by atoms with Gasteiger partial charge in [0.05, 0.1) is 35.5 Å². The van der Waals surface area contributed by atoms with Crippen LogP contribution in [0.4, 0.5) is 33.2 Å². The van der Waals surface area contributed by atoms with Gasteiger partial charge < -0.3 is 35.9 Å². The summed E-state index contributed by atoms with van der Waals surface area (Å²) in [5.74, 6) is -0.459. The number of hydrogen-bond donors (Lipinski definition) is 4. The van der Waals surface area contributed by atoms with E-state index in [1.54, 1.807) is 30.2 Å². The van der Waals surface area contributed by atoms with E-state index in [1.165, 1.54) is 6.07 Å². The Morgan fingerprint density at radius 1 is 1.20 bits per heavy atom. The first kappa shape index (κ1) is 26.9. The molecule has 0 bridgehead atoms. The molecule has 40 heavy (non-hydrogen) atoms. The molecule has 2 aromatic heterocycles. The molecule has 2 amide bonds. The number of halogens is 1. The van der Waals surface area contributed by atoms with Gasteiger partial charge in [0, 0.05) is 18.4 Å². The maximum Gasteiger partial charge on any atom is 0.253 e. The number of aromatic amines is 1. The van der Waals surface area contributed by atoms with E-state index in [1.807, 2.05) is 38.1 Å². The van der Waals surface area contributed by atoms with Crippen molar-refractivity contribution in [2.75, 3.05) is 49.3 Å². The maximum atomic E-state index is 14.6. The van der Waals surface area contributed by atoms with Crippen LogP contribution in [0.25, 0.3) is 11.0 Å². The Balaban J connectivity index is 1.55. The second-order valence-corrected chi connectivity index (χ2v) is 9.81. The third kappa shape index (κ3) is 5.13. The van der Waals surface area contributed by atoms with Gasteiger partial charge in [-0.25, -0.2) is 4.39 Å². The molecule has 5 rings (SSSR count). The van der Waals surface area contributed by atoms with Crippen molar-refractivity contribution >= 4 is 51.7 Å². The quantitative estimate of drug-likeness (QED) is 0.248. The molecule has 0 spiro atoms. The smallest absolute Gasteiger partial charge is 0.253 e. The van der Waals surface area contributed by atoms with Gasteiger partial charge in [0.2, 0.25) is 11.9 Å². The number of primary amides is 1. The standard InChI is InChI=1S/C28H31FN8O3/c1-5-40-21-12-16-9-11-37(22(38)14-36(3)4)20(16)13-19(21)32-28-34-26-17(8-10-31-26)27(35-28)33-24-15(2)6-7-18(29)23(24)25(30)39/h6-8,10,12-13H,5,9,11,14H2,1-4H3,(H2,30,39)(H3,31,32,33,34,35). The van der Waals surface area contributed by atoms with Gasteiger partial charge in [0.15, 0.2) is 0 Å². The minimum absolute atomic E-state index is 0.00474. The van der Waals surface area contributed by atoms with Gasteiger partial charge in [-0.3, -0.25) is 9.59 Å². The number of hydrogen-bond acceptors (Lipinski definition) is 8. The van der Waals surface area contributed by atoms with Crippen LogP contribution in [0.2, 0.25) is 0 Å².